The third kappa shape index (κ3) is 5.81. The molecule has 4 nitrogen and oxygen atoms in total. The van der Waals surface area contributed by atoms with Crippen molar-refractivity contribution in [3.63, 3.8) is 0 Å². The number of carboxylic acid groups (broad SMARTS) is 1. The number of hydrogen-bond donors (Lipinski definition) is 1. The SMILES string of the molecule is CCc1ccc(/C=C/C(=O)N(CCC(=O)O)C(C)C)cc1. The first-order valence-corrected chi connectivity index (χ1v) is 7.23. The molecule has 0 aliphatic rings. The lowest BCUT2D eigenvalue weighted by atomic mass is 10.1. The third-order valence-corrected chi connectivity index (χ3v) is 3.28. The van der Waals surface area contributed by atoms with Crippen molar-refractivity contribution < 1.29 is 14.7 Å². The van der Waals surface area contributed by atoms with Crippen molar-refractivity contribution >= 4 is 18.0 Å². The van der Waals surface area contributed by atoms with E-state index in [2.05, 4.69) is 6.92 Å². The summed E-state index contributed by atoms with van der Waals surface area (Å²) in [5.74, 6) is -1.06. The van der Waals surface area contributed by atoms with Crippen LogP contribution in [0.5, 0.6) is 0 Å². The van der Waals surface area contributed by atoms with E-state index in [-0.39, 0.29) is 24.9 Å². The lowest BCUT2D eigenvalue weighted by Gasteiger charge is -2.24. The molecule has 0 spiro atoms. The van der Waals surface area contributed by atoms with E-state index in [1.54, 1.807) is 11.0 Å². The molecule has 1 amide bonds. The minimum absolute atomic E-state index is 0.0241. The van der Waals surface area contributed by atoms with E-state index in [4.69, 9.17) is 5.11 Å². The number of benzene rings is 1. The first kappa shape index (κ1) is 17.0. The van der Waals surface area contributed by atoms with Crippen LogP contribution < -0.4 is 0 Å². The molecule has 1 N–H and O–H groups in total. The highest BCUT2D eigenvalue weighted by Gasteiger charge is 2.15. The van der Waals surface area contributed by atoms with Crippen LogP contribution in [0.1, 0.15) is 38.3 Å². The summed E-state index contributed by atoms with van der Waals surface area (Å²) in [5.41, 5.74) is 2.21. The Morgan fingerprint density at radius 3 is 2.33 bits per heavy atom. The minimum atomic E-state index is -0.896. The standard InChI is InChI=1S/C17H23NO3/c1-4-14-5-7-15(8-6-14)9-10-16(19)18(13(2)3)12-11-17(20)21/h5-10,13H,4,11-12H2,1-3H3,(H,20,21)/b10-9+. The van der Waals surface area contributed by atoms with Crippen LogP contribution in [0.3, 0.4) is 0 Å². The number of aliphatic carboxylic acids is 1. The summed E-state index contributed by atoms with van der Waals surface area (Å²) in [5, 5.41) is 8.73. The Bertz CT molecular complexity index is 503. The van der Waals surface area contributed by atoms with Crippen LogP contribution in [-0.4, -0.2) is 34.5 Å². The highest BCUT2D eigenvalue weighted by Crippen LogP contribution is 2.08. The lowest BCUT2D eigenvalue weighted by molar-refractivity contribution is -0.138. The number of carbonyl (C=O) groups is 2. The second-order valence-electron chi connectivity index (χ2n) is 5.20. The second kappa shape index (κ2) is 8.25. The van der Waals surface area contributed by atoms with Crippen LogP contribution in [0, 0.1) is 0 Å². The van der Waals surface area contributed by atoms with Crippen LogP contribution in [0.2, 0.25) is 0 Å². The molecule has 0 fully saturated rings. The summed E-state index contributed by atoms with van der Waals surface area (Å²) in [7, 11) is 0. The second-order valence-corrected chi connectivity index (χ2v) is 5.20. The molecular formula is C17H23NO3. The maximum absolute atomic E-state index is 12.1. The topological polar surface area (TPSA) is 57.6 Å². The van der Waals surface area contributed by atoms with E-state index in [1.165, 1.54) is 11.6 Å². The summed E-state index contributed by atoms with van der Waals surface area (Å²) in [6.45, 7) is 6.08. The molecule has 1 aromatic carbocycles. The van der Waals surface area contributed by atoms with Crippen molar-refractivity contribution in [2.75, 3.05) is 6.54 Å². The Labute approximate surface area is 126 Å². The van der Waals surface area contributed by atoms with Gasteiger partial charge in [0.25, 0.3) is 0 Å². The van der Waals surface area contributed by atoms with Gasteiger partial charge in [0.05, 0.1) is 6.42 Å². The van der Waals surface area contributed by atoms with Crippen molar-refractivity contribution in [1.29, 1.82) is 0 Å². The van der Waals surface area contributed by atoms with Gasteiger partial charge in [-0.1, -0.05) is 31.2 Å². The van der Waals surface area contributed by atoms with Crippen molar-refractivity contribution in [3.05, 3.63) is 41.5 Å². The van der Waals surface area contributed by atoms with Gasteiger partial charge in [0.1, 0.15) is 0 Å². The van der Waals surface area contributed by atoms with Gasteiger partial charge in [0, 0.05) is 18.7 Å². The number of rotatable bonds is 7. The molecule has 1 aromatic rings. The first-order valence-electron chi connectivity index (χ1n) is 7.23. The van der Waals surface area contributed by atoms with Crippen LogP contribution in [0.15, 0.2) is 30.3 Å². The average molecular weight is 289 g/mol. The maximum Gasteiger partial charge on any atom is 0.305 e. The fourth-order valence-corrected chi connectivity index (χ4v) is 1.97. The number of hydrogen-bond acceptors (Lipinski definition) is 2. The van der Waals surface area contributed by atoms with Gasteiger partial charge in [0.2, 0.25) is 5.91 Å². The Morgan fingerprint density at radius 2 is 1.86 bits per heavy atom. The molecule has 0 aromatic heterocycles. The van der Waals surface area contributed by atoms with Gasteiger partial charge in [-0.15, -0.1) is 0 Å². The van der Waals surface area contributed by atoms with Gasteiger partial charge in [-0.3, -0.25) is 9.59 Å². The fourth-order valence-electron chi connectivity index (χ4n) is 1.97. The van der Waals surface area contributed by atoms with E-state index in [9.17, 15) is 9.59 Å². The molecule has 0 unspecified atom stereocenters. The minimum Gasteiger partial charge on any atom is -0.481 e. The smallest absolute Gasteiger partial charge is 0.305 e. The normalized spacial score (nSPS) is 11.0. The predicted octanol–water partition coefficient (Wildman–Crippen LogP) is 2.97. The van der Waals surface area contributed by atoms with Crippen LogP contribution in [0.4, 0.5) is 0 Å². The Kier molecular flexibility index (Phi) is 6.66. The number of carbonyl (C=O) groups excluding carboxylic acids is 1. The van der Waals surface area contributed by atoms with Crippen molar-refractivity contribution in [2.24, 2.45) is 0 Å². The number of nitrogens with zero attached hydrogens (tertiary/aromatic N) is 1. The zero-order valence-corrected chi connectivity index (χ0v) is 12.9. The molecule has 0 aliphatic heterocycles. The molecule has 21 heavy (non-hydrogen) atoms. The van der Waals surface area contributed by atoms with E-state index in [0.717, 1.165) is 12.0 Å². The molecule has 1 rings (SSSR count). The fraction of sp³-hybridized carbons (Fsp3) is 0.412. The van der Waals surface area contributed by atoms with Gasteiger partial charge in [-0.25, -0.2) is 0 Å². The summed E-state index contributed by atoms with van der Waals surface area (Å²) in [6, 6.07) is 7.99. The van der Waals surface area contributed by atoms with Crippen molar-refractivity contribution in [2.45, 2.75) is 39.7 Å². The zero-order chi connectivity index (χ0) is 15.8. The Balaban J connectivity index is 2.70. The molecule has 0 saturated carbocycles. The molecule has 0 heterocycles. The average Bonchev–Trinajstić information content (AvgIpc) is 2.45. The first-order chi connectivity index (χ1) is 9.93. The highest BCUT2D eigenvalue weighted by atomic mass is 16.4. The van der Waals surface area contributed by atoms with E-state index in [1.807, 2.05) is 38.1 Å². The van der Waals surface area contributed by atoms with Gasteiger partial charge in [0.15, 0.2) is 0 Å². The molecule has 114 valence electrons. The van der Waals surface area contributed by atoms with Gasteiger partial charge < -0.3 is 10.0 Å². The Hall–Kier alpha value is -2.10. The van der Waals surface area contributed by atoms with Gasteiger partial charge in [-0.2, -0.15) is 0 Å². The summed E-state index contributed by atoms with van der Waals surface area (Å²) >= 11 is 0. The molecule has 4 heteroatoms. The van der Waals surface area contributed by atoms with Crippen molar-refractivity contribution in [1.82, 2.24) is 4.90 Å². The number of carboxylic acids is 1. The van der Waals surface area contributed by atoms with E-state index < -0.39 is 5.97 Å². The Morgan fingerprint density at radius 1 is 1.24 bits per heavy atom. The molecular weight excluding hydrogens is 266 g/mol. The van der Waals surface area contributed by atoms with E-state index >= 15 is 0 Å². The monoisotopic (exact) mass is 289 g/mol. The zero-order valence-electron chi connectivity index (χ0n) is 12.9. The highest BCUT2D eigenvalue weighted by molar-refractivity contribution is 5.92. The molecule has 0 atom stereocenters. The van der Waals surface area contributed by atoms with Crippen LogP contribution in [0.25, 0.3) is 6.08 Å². The number of amides is 1. The molecule has 0 saturated heterocycles. The maximum atomic E-state index is 12.1. The van der Waals surface area contributed by atoms with Gasteiger partial charge in [-0.05, 0) is 37.5 Å². The predicted molar refractivity (Wildman–Crippen MR) is 84.0 cm³/mol. The van der Waals surface area contributed by atoms with Gasteiger partial charge >= 0.3 is 5.97 Å². The molecule has 0 radical (unpaired) electrons. The van der Waals surface area contributed by atoms with Crippen LogP contribution >= 0.6 is 0 Å². The third-order valence-electron chi connectivity index (χ3n) is 3.28. The molecule has 0 aliphatic carbocycles. The summed E-state index contributed by atoms with van der Waals surface area (Å²) in [4.78, 5) is 24.3. The van der Waals surface area contributed by atoms with E-state index in [0.29, 0.717) is 0 Å². The lowest BCUT2D eigenvalue weighted by Crippen LogP contribution is -2.37. The summed E-state index contributed by atoms with van der Waals surface area (Å²) < 4.78 is 0. The van der Waals surface area contributed by atoms with Crippen LogP contribution in [-0.2, 0) is 16.0 Å². The molecule has 0 bridgehead atoms. The number of aryl methyl sites for hydroxylation is 1. The quantitative estimate of drug-likeness (QED) is 0.785. The summed E-state index contributed by atoms with van der Waals surface area (Å²) in [6.07, 6.45) is 4.21. The van der Waals surface area contributed by atoms with Crippen molar-refractivity contribution in [3.8, 4) is 0 Å². The largest absolute Gasteiger partial charge is 0.481 e.